The quantitative estimate of drug-likeness (QED) is 0.542. The number of piperidine rings is 1. The summed E-state index contributed by atoms with van der Waals surface area (Å²) in [5.41, 5.74) is 0.969. The van der Waals surface area contributed by atoms with Gasteiger partial charge in [0.1, 0.15) is 12.1 Å². The average Bonchev–Trinajstić information content (AvgIpc) is 2.80. The van der Waals surface area contributed by atoms with E-state index in [4.69, 9.17) is 4.74 Å². The molecular weight excluding hydrogens is 430 g/mol. The Morgan fingerprint density at radius 3 is 2.21 bits per heavy atom. The van der Waals surface area contributed by atoms with Crippen LogP contribution < -0.4 is 5.43 Å². The minimum atomic E-state index is -0.539. The van der Waals surface area contributed by atoms with Gasteiger partial charge in [0.2, 0.25) is 5.91 Å². The van der Waals surface area contributed by atoms with E-state index in [0.717, 1.165) is 23.9 Å². The molecule has 2 aromatic carbocycles. The number of carbonyl (C=O) groups is 2. The maximum absolute atomic E-state index is 13.4. The van der Waals surface area contributed by atoms with Crippen LogP contribution >= 0.6 is 0 Å². The van der Waals surface area contributed by atoms with E-state index in [1.807, 2.05) is 78.8 Å². The molecule has 0 bridgehead atoms. The molecule has 1 atom stereocenters. The lowest BCUT2D eigenvalue weighted by atomic mass is 9.97. The Bertz CT molecular complexity index is 1210. The Balaban J connectivity index is 1.52. The standard InChI is InChI=1S/C27H33N3O4/c1-27(2,3)34-26(33)28(4)16-19-10-9-15-29(17-19)24(31)18-30-22-13-7-5-11-20(22)25(32)21-12-6-8-14-23(21)30/h5-8,11-14,19H,9-10,15-18H2,1-4H3. The predicted octanol–water partition coefficient (Wildman–Crippen LogP) is 4.26. The first-order chi connectivity index (χ1) is 16.1. The smallest absolute Gasteiger partial charge is 0.410 e. The molecule has 2 heterocycles. The van der Waals surface area contributed by atoms with Gasteiger partial charge in [0.25, 0.3) is 0 Å². The summed E-state index contributed by atoms with van der Waals surface area (Å²) in [5, 5.41) is 1.23. The summed E-state index contributed by atoms with van der Waals surface area (Å²) in [6, 6.07) is 14.9. The molecule has 0 aliphatic carbocycles. The van der Waals surface area contributed by atoms with E-state index in [1.165, 1.54) is 0 Å². The van der Waals surface area contributed by atoms with Gasteiger partial charge in [-0.2, -0.15) is 0 Å². The van der Waals surface area contributed by atoms with Crippen LogP contribution in [0, 0.1) is 5.92 Å². The molecule has 0 N–H and O–H groups in total. The number of benzene rings is 2. The summed E-state index contributed by atoms with van der Waals surface area (Å²) < 4.78 is 7.41. The molecule has 3 aromatic rings. The van der Waals surface area contributed by atoms with E-state index in [0.29, 0.717) is 30.4 Å². The molecule has 1 fully saturated rings. The van der Waals surface area contributed by atoms with Crippen LogP contribution in [0.5, 0.6) is 0 Å². The number of amides is 2. The highest BCUT2D eigenvalue weighted by atomic mass is 16.6. The van der Waals surface area contributed by atoms with Gasteiger partial charge in [-0.15, -0.1) is 0 Å². The largest absolute Gasteiger partial charge is 0.444 e. The number of aromatic nitrogens is 1. The second-order valence-corrected chi connectivity index (χ2v) is 10.2. The number of hydrogen-bond acceptors (Lipinski definition) is 4. The van der Waals surface area contributed by atoms with Crippen molar-refractivity contribution >= 4 is 33.8 Å². The van der Waals surface area contributed by atoms with Crippen LogP contribution in [0.3, 0.4) is 0 Å². The van der Waals surface area contributed by atoms with Gasteiger partial charge < -0.3 is 19.1 Å². The Morgan fingerprint density at radius 2 is 1.62 bits per heavy atom. The lowest BCUT2D eigenvalue weighted by Crippen LogP contribution is -2.45. The third kappa shape index (κ3) is 5.08. The number of carbonyl (C=O) groups excluding carboxylic acids is 2. The highest BCUT2D eigenvalue weighted by Crippen LogP contribution is 2.22. The molecule has 0 radical (unpaired) electrons. The van der Waals surface area contributed by atoms with Gasteiger partial charge in [0, 0.05) is 37.5 Å². The molecule has 34 heavy (non-hydrogen) atoms. The second kappa shape index (κ2) is 9.49. The molecule has 0 spiro atoms. The fraction of sp³-hybridized carbons (Fsp3) is 0.444. The number of pyridine rings is 1. The van der Waals surface area contributed by atoms with Gasteiger partial charge in [-0.3, -0.25) is 9.59 Å². The van der Waals surface area contributed by atoms with Crippen LogP contribution in [-0.2, 0) is 16.1 Å². The van der Waals surface area contributed by atoms with E-state index in [9.17, 15) is 14.4 Å². The van der Waals surface area contributed by atoms with E-state index in [1.54, 1.807) is 11.9 Å². The number of likely N-dealkylation sites (tertiary alicyclic amines) is 1. The van der Waals surface area contributed by atoms with Crippen molar-refractivity contribution in [2.75, 3.05) is 26.7 Å². The molecule has 1 aliphatic heterocycles. The lowest BCUT2D eigenvalue weighted by Gasteiger charge is -2.35. The molecule has 1 unspecified atom stereocenters. The predicted molar refractivity (Wildman–Crippen MR) is 134 cm³/mol. The van der Waals surface area contributed by atoms with Gasteiger partial charge >= 0.3 is 6.09 Å². The summed E-state index contributed by atoms with van der Waals surface area (Å²) in [6.07, 6.45) is 1.51. The number of rotatable bonds is 4. The van der Waals surface area contributed by atoms with E-state index >= 15 is 0 Å². The minimum Gasteiger partial charge on any atom is -0.444 e. The topological polar surface area (TPSA) is 71.8 Å². The van der Waals surface area contributed by atoms with Crippen molar-refractivity contribution in [1.82, 2.24) is 14.4 Å². The highest BCUT2D eigenvalue weighted by Gasteiger charge is 2.28. The van der Waals surface area contributed by atoms with Crippen LogP contribution in [0.1, 0.15) is 33.6 Å². The van der Waals surface area contributed by atoms with Crippen molar-refractivity contribution in [2.24, 2.45) is 5.92 Å². The summed E-state index contributed by atoms with van der Waals surface area (Å²) >= 11 is 0. The van der Waals surface area contributed by atoms with Gasteiger partial charge in [-0.1, -0.05) is 24.3 Å². The fourth-order valence-electron chi connectivity index (χ4n) is 4.72. The summed E-state index contributed by atoms with van der Waals surface area (Å²) in [6.45, 7) is 7.56. The van der Waals surface area contributed by atoms with E-state index in [2.05, 4.69) is 0 Å². The monoisotopic (exact) mass is 463 g/mol. The minimum absolute atomic E-state index is 0.0156. The first kappa shape index (κ1) is 23.8. The summed E-state index contributed by atoms with van der Waals surface area (Å²) in [5.74, 6) is 0.210. The number of fused-ring (bicyclic) bond motifs is 2. The van der Waals surface area contributed by atoms with Crippen molar-refractivity contribution in [3.05, 3.63) is 58.8 Å². The number of nitrogens with zero attached hydrogens (tertiary/aromatic N) is 3. The SMILES string of the molecule is CN(CC1CCCN(C(=O)Cn2c3ccccc3c(=O)c3ccccc32)C1)C(=O)OC(C)(C)C. The van der Waals surface area contributed by atoms with Crippen LogP contribution in [0.25, 0.3) is 21.8 Å². The number of para-hydroxylation sites is 2. The third-order valence-electron chi connectivity index (χ3n) is 6.28. The molecule has 7 heteroatoms. The fourth-order valence-corrected chi connectivity index (χ4v) is 4.72. The molecule has 180 valence electrons. The highest BCUT2D eigenvalue weighted by molar-refractivity contribution is 5.94. The van der Waals surface area contributed by atoms with Crippen molar-refractivity contribution in [3.63, 3.8) is 0 Å². The van der Waals surface area contributed by atoms with Gasteiger partial charge in [0.15, 0.2) is 5.43 Å². The zero-order chi connectivity index (χ0) is 24.5. The first-order valence-corrected chi connectivity index (χ1v) is 11.9. The van der Waals surface area contributed by atoms with E-state index in [-0.39, 0.29) is 29.9 Å². The normalized spacial score (nSPS) is 16.6. The Morgan fingerprint density at radius 1 is 1.03 bits per heavy atom. The van der Waals surface area contributed by atoms with Crippen molar-refractivity contribution in [1.29, 1.82) is 0 Å². The molecule has 1 aliphatic rings. The van der Waals surface area contributed by atoms with Crippen LogP contribution in [-0.4, -0.2) is 58.7 Å². The van der Waals surface area contributed by atoms with Gasteiger partial charge in [0.05, 0.1) is 11.0 Å². The molecule has 1 aromatic heterocycles. The third-order valence-corrected chi connectivity index (χ3v) is 6.28. The lowest BCUT2D eigenvalue weighted by molar-refractivity contribution is -0.133. The molecular formula is C27H33N3O4. The van der Waals surface area contributed by atoms with Crippen molar-refractivity contribution in [2.45, 2.75) is 45.8 Å². The van der Waals surface area contributed by atoms with Crippen LogP contribution in [0.15, 0.2) is 53.3 Å². The molecule has 2 amide bonds. The Kier molecular flexibility index (Phi) is 6.64. The Labute approximate surface area is 199 Å². The molecule has 1 saturated heterocycles. The van der Waals surface area contributed by atoms with Gasteiger partial charge in [-0.05, 0) is 63.8 Å². The number of hydrogen-bond donors (Lipinski definition) is 0. The van der Waals surface area contributed by atoms with Crippen molar-refractivity contribution in [3.8, 4) is 0 Å². The molecule has 4 rings (SSSR count). The maximum atomic E-state index is 13.4. The average molecular weight is 464 g/mol. The van der Waals surface area contributed by atoms with Gasteiger partial charge in [-0.25, -0.2) is 4.79 Å². The summed E-state index contributed by atoms with van der Waals surface area (Å²) in [4.78, 5) is 42.2. The molecule has 7 nitrogen and oxygen atoms in total. The Hall–Kier alpha value is -3.35. The van der Waals surface area contributed by atoms with Crippen molar-refractivity contribution < 1.29 is 14.3 Å². The van der Waals surface area contributed by atoms with E-state index < -0.39 is 5.60 Å². The molecule has 0 saturated carbocycles. The number of ether oxygens (including phenoxy) is 1. The summed E-state index contributed by atoms with van der Waals surface area (Å²) in [7, 11) is 1.74. The first-order valence-electron chi connectivity index (χ1n) is 11.9. The van der Waals surface area contributed by atoms with Crippen LogP contribution in [0.2, 0.25) is 0 Å². The second-order valence-electron chi connectivity index (χ2n) is 10.2. The zero-order valence-electron chi connectivity index (χ0n) is 20.4. The zero-order valence-corrected chi connectivity index (χ0v) is 20.4. The maximum Gasteiger partial charge on any atom is 0.410 e. The van der Waals surface area contributed by atoms with Crippen LogP contribution in [0.4, 0.5) is 4.79 Å².